The number of hydrogen-bond donors (Lipinski definition) is 1. The van der Waals surface area contributed by atoms with Crippen LogP contribution >= 0.6 is 0 Å². The van der Waals surface area contributed by atoms with Crippen LogP contribution in [0.15, 0.2) is 29.3 Å². The quantitative estimate of drug-likeness (QED) is 0.806. The SMILES string of the molecule is C/C=C(/CCCCC)c1ccc(S(N)(=O)=O)cn1. The van der Waals surface area contributed by atoms with E-state index in [2.05, 4.69) is 11.9 Å². The molecule has 0 amide bonds. The van der Waals surface area contributed by atoms with Crippen molar-refractivity contribution in [1.82, 2.24) is 4.98 Å². The number of aromatic nitrogens is 1. The van der Waals surface area contributed by atoms with Gasteiger partial charge in [-0.05, 0) is 37.5 Å². The first kappa shape index (κ1) is 14.9. The fraction of sp³-hybridized carbons (Fsp3) is 0.462. The highest BCUT2D eigenvalue weighted by Gasteiger charge is 2.09. The second-order valence-electron chi connectivity index (χ2n) is 4.20. The van der Waals surface area contributed by atoms with Crippen LogP contribution in [0.2, 0.25) is 0 Å². The maximum atomic E-state index is 11.1. The number of allylic oxidation sites excluding steroid dienone is 2. The van der Waals surface area contributed by atoms with E-state index in [4.69, 9.17) is 5.14 Å². The van der Waals surface area contributed by atoms with Crippen LogP contribution in [0, 0.1) is 0 Å². The van der Waals surface area contributed by atoms with Crippen molar-refractivity contribution in [3.05, 3.63) is 30.1 Å². The fourth-order valence-corrected chi connectivity index (χ4v) is 2.18. The van der Waals surface area contributed by atoms with Crippen molar-refractivity contribution in [1.29, 1.82) is 0 Å². The third-order valence-corrected chi connectivity index (χ3v) is 3.69. The molecule has 0 saturated heterocycles. The second kappa shape index (κ2) is 6.66. The van der Waals surface area contributed by atoms with E-state index >= 15 is 0 Å². The van der Waals surface area contributed by atoms with Gasteiger partial charge < -0.3 is 0 Å². The Balaban J connectivity index is 2.83. The maximum Gasteiger partial charge on any atom is 0.239 e. The molecular weight excluding hydrogens is 248 g/mol. The Labute approximate surface area is 109 Å². The third kappa shape index (κ3) is 4.23. The summed E-state index contributed by atoms with van der Waals surface area (Å²) in [6.45, 7) is 4.13. The lowest BCUT2D eigenvalue weighted by Crippen LogP contribution is -2.12. The van der Waals surface area contributed by atoms with Gasteiger partial charge in [0.25, 0.3) is 0 Å². The summed E-state index contributed by atoms with van der Waals surface area (Å²) in [5.41, 5.74) is 1.96. The van der Waals surface area contributed by atoms with E-state index in [1.165, 1.54) is 25.1 Å². The zero-order chi connectivity index (χ0) is 13.6. The van der Waals surface area contributed by atoms with Gasteiger partial charge in [0.2, 0.25) is 10.0 Å². The Morgan fingerprint density at radius 3 is 2.56 bits per heavy atom. The minimum absolute atomic E-state index is 0.0512. The Morgan fingerprint density at radius 1 is 1.39 bits per heavy atom. The standard InChI is InChI=1S/C13H20N2O2S/c1-3-5-6-7-11(4-2)13-9-8-12(10-15-13)18(14,16)17/h4,8-10H,3,5-7H2,1-2H3,(H2,14,16,17)/b11-4-. The molecule has 100 valence electrons. The number of nitrogens with two attached hydrogens (primary N) is 1. The van der Waals surface area contributed by atoms with E-state index in [1.54, 1.807) is 6.07 Å². The van der Waals surface area contributed by atoms with Crippen LogP contribution < -0.4 is 5.14 Å². The van der Waals surface area contributed by atoms with Crippen molar-refractivity contribution in [3.8, 4) is 0 Å². The summed E-state index contributed by atoms with van der Waals surface area (Å²) in [6, 6.07) is 3.21. The molecule has 0 aliphatic rings. The smallest absolute Gasteiger partial charge is 0.239 e. The Kier molecular flexibility index (Phi) is 5.50. The Bertz CT molecular complexity index is 504. The molecule has 0 atom stereocenters. The maximum absolute atomic E-state index is 11.1. The largest absolute Gasteiger partial charge is 0.255 e. The first-order valence-electron chi connectivity index (χ1n) is 6.13. The molecule has 2 N–H and O–H groups in total. The molecule has 0 spiro atoms. The van der Waals surface area contributed by atoms with Crippen molar-refractivity contribution >= 4 is 15.6 Å². The fourth-order valence-electron chi connectivity index (χ4n) is 1.72. The van der Waals surface area contributed by atoms with Crippen LogP contribution in [0.3, 0.4) is 0 Å². The first-order chi connectivity index (χ1) is 8.49. The number of rotatable bonds is 6. The van der Waals surface area contributed by atoms with Gasteiger partial charge in [0, 0.05) is 6.20 Å². The van der Waals surface area contributed by atoms with E-state index in [0.717, 1.165) is 24.1 Å². The van der Waals surface area contributed by atoms with Gasteiger partial charge >= 0.3 is 0 Å². The summed E-state index contributed by atoms with van der Waals surface area (Å²) in [5.74, 6) is 0. The zero-order valence-electron chi connectivity index (χ0n) is 10.9. The van der Waals surface area contributed by atoms with E-state index in [-0.39, 0.29) is 4.90 Å². The van der Waals surface area contributed by atoms with Crippen molar-refractivity contribution in [2.45, 2.75) is 44.4 Å². The molecule has 18 heavy (non-hydrogen) atoms. The normalized spacial score (nSPS) is 12.7. The molecule has 0 aromatic carbocycles. The molecule has 0 unspecified atom stereocenters. The highest BCUT2D eigenvalue weighted by atomic mass is 32.2. The van der Waals surface area contributed by atoms with E-state index in [1.807, 2.05) is 13.0 Å². The van der Waals surface area contributed by atoms with E-state index < -0.39 is 10.0 Å². The molecule has 4 nitrogen and oxygen atoms in total. The number of pyridine rings is 1. The summed E-state index contributed by atoms with van der Waals surface area (Å²) in [4.78, 5) is 4.22. The van der Waals surface area contributed by atoms with Gasteiger partial charge in [0.05, 0.1) is 5.69 Å². The molecule has 0 radical (unpaired) electrons. The molecule has 1 heterocycles. The van der Waals surface area contributed by atoms with Gasteiger partial charge in [-0.25, -0.2) is 13.6 Å². The monoisotopic (exact) mass is 268 g/mol. The molecule has 0 bridgehead atoms. The van der Waals surface area contributed by atoms with Crippen LogP contribution in [0.4, 0.5) is 0 Å². The molecule has 1 aromatic rings. The van der Waals surface area contributed by atoms with Gasteiger partial charge in [-0.1, -0.05) is 25.8 Å². The van der Waals surface area contributed by atoms with Crippen molar-refractivity contribution < 1.29 is 8.42 Å². The molecule has 0 aliphatic heterocycles. The van der Waals surface area contributed by atoms with Crippen molar-refractivity contribution in [3.63, 3.8) is 0 Å². The predicted octanol–water partition coefficient (Wildman–Crippen LogP) is 2.71. The molecule has 1 aromatic heterocycles. The second-order valence-corrected chi connectivity index (χ2v) is 5.76. The average Bonchev–Trinajstić information content (AvgIpc) is 2.34. The number of primary sulfonamides is 1. The summed E-state index contributed by atoms with van der Waals surface area (Å²) in [7, 11) is -3.65. The summed E-state index contributed by atoms with van der Waals surface area (Å²) in [6.07, 6.45) is 7.78. The van der Waals surface area contributed by atoms with Gasteiger partial charge in [0.1, 0.15) is 4.90 Å². The van der Waals surface area contributed by atoms with Crippen LogP contribution in [-0.2, 0) is 10.0 Å². The third-order valence-electron chi connectivity index (χ3n) is 2.79. The first-order valence-corrected chi connectivity index (χ1v) is 7.68. The number of unbranched alkanes of at least 4 members (excludes halogenated alkanes) is 2. The molecule has 0 saturated carbocycles. The zero-order valence-corrected chi connectivity index (χ0v) is 11.7. The molecule has 1 rings (SSSR count). The predicted molar refractivity (Wildman–Crippen MR) is 73.4 cm³/mol. The highest BCUT2D eigenvalue weighted by Crippen LogP contribution is 2.20. The van der Waals surface area contributed by atoms with Crippen molar-refractivity contribution in [2.75, 3.05) is 0 Å². The summed E-state index contributed by atoms with van der Waals surface area (Å²) < 4.78 is 22.2. The number of hydrogen-bond acceptors (Lipinski definition) is 3. The van der Waals surface area contributed by atoms with E-state index in [9.17, 15) is 8.42 Å². The van der Waals surface area contributed by atoms with Gasteiger partial charge in [0.15, 0.2) is 0 Å². The van der Waals surface area contributed by atoms with Gasteiger partial charge in [-0.3, -0.25) is 4.98 Å². The lowest BCUT2D eigenvalue weighted by molar-refractivity contribution is 0.597. The molecular formula is C13H20N2O2S. The lowest BCUT2D eigenvalue weighted by atomic mass is 10.0. The topological polar surface area (TPSA) is 73.1 Å². The summed E-state index contributed by atoms with van der Waals surface area (Å²) >= 11 is 0. The number of sulfonamides is 1. The van der Waals surface area contributed by atoms with Crippen LogP contribution in [0.25, 0.3) is 5.57 Å². The number of nitrogens with zero attached hydrogens (tertiary/aromatic N) is 1. The minimum Gasteiger partial charge on any atom is -0.255 e. The van der Waals surface area contributed by atoms with Crippen molar-refractivity contribution in [2.24, 2.45) is 5.14 Å². The average molecular weight is 268 g/mol. The minimum atomic E-state index is -3.65. The molecule has 5 heteroatoms. The van der Waals surface area contributed by atoms with Crippen LogP contribution in [-0.4, -0.2) is 13.4 Å². The van der Waals surface area contributed by atoms with Crippen LogP contribution in [0.1, 0.15) is 45.2 Å². The lowest BCUT2D eigenvalue weighted by Gasteiger charge is -2.06. The van der Waals surface area contributed by atoms with Gasteiger partial charge in [-0.15, -0.1) is 0 Å². The van der Waals surface area contributed by atoms with E-state index in [0.29, 0.717) is 0 Å². The van der Waals surface area contributed by atoms with Gasteiger partial charge in [-0.2, -0.15) is 0 Å². The Hall–Kier alpha value is -1.20. The molecule has 0 fully saturated rings. The summed E-state index contributed by atoms with van der Waals surface area (Å²) in [5, 5.41) is 5.03. The Morgan fingerprint density at radius 2 is 2.11 bits per heavy atom. The highest BCUT2D eigenvalue weighted by molar-refractivity contribution is 7.89. The van der Waals surface area contributed by atoms with Crippen LogP contribution in [0.5, 0.6) is 0 Å². The molecule has 0 aliphatic carbocycles.